The molecule has 0 fully saturated rings. The third kappa shape index (κ3) is 18.2. The second-order valence-corrected chi connectivity index (χ2v) is 0. The Morgan fingerprint density at radius 2 is 0.750 bits per heavy atom. The zero-order valence-corrected chi connectivity index (χ0v) is 3.59. The molecule has 0 aliphatic rings. The molecule has 0 aromatic heterocycles. The first kappa shape index (κ1) is 162. The Labute approximate surface area is 40.1 Å². The standard InChI is InChI=1S/CH4.2H2O.Pt/h1H4;2*1H2;. The first-order valence-electron chi connectivity index (χ1n) is 0. The molecule has 34 valence electrons. The van der Waals surface area contributed by atoms with Gasteiger partial charge in [-0.15, -0.1) is 0 Å². The van der Waals surface area contributed by atoms with Crippen LogP contribution in [0.3, 0.4) is 0 Å². The minimum atomic E-state index is 0. The van der Waals surface area contributed by atoms with Crippen molar-refractivity contribution in [2.24, 2.45) is 0 Å². The monoisotopic (exact) mass is 247 g/mol. The zero-order valence-electron chi connectivity index (χ0n) is 1.32. The van der Waals surface area contributed by atoms with Crippen LogP contribution in [0.4, 0.5) is 0 Å². The summed E-state index contributed by atoms with van der Waals surface area (Å²) in [6, 6.07) is 0. The van der Waals surface area contributed by atoms with Crippen LogP contribution in [0.25, 0.3) is 0 Å². The molecule has 2 nitrogen and oxygen atoms in total. The molecular weight excluding hydrogens is 239 g/mol. The Balaban J connectivity index is 0. The van der Waals surface area contributed by atoms with Crippen LogP contribution in [0.2, 0.25) is 0 Å². The maximum absolute atomic E-state index is 0. The molecule has 0 atom stereocenters. The van der Waals surface area contributed by atoms with Crippen LogP contribution in [0.1, 0.15) is 7.43 Å². The molecule has 0 aliphatic heterocycles. The van der Waals surface area contributed by atoms with E-state index in [9.17, 15) is 0 Å². The number of rotatable bonds is 0. The average Bonchev–Trinajstić information content (AvgIpc) is 0. The van der Waals surface area contributed by atoms with E-state index in [1.165, 1.54) is 0 Å². The topological polar surface area (TPSA) is 63.0 Å². The van der Waals surface area contributed by atoms with Crippen molar-refractivity contribution in [3.8, 4) is 0 Å². The average molecular weight is 247 g/mol. The molecule has 0 spiro atoms. The maximum Gasteiger partial charge on any atom is 0 e. The van der Waals surface area contributed by atoms with Gasteiger partial charge in [-0.25, -0.2) is 0 Å². The van der Waals surface area contributed by atoms with Gasteiger partial charge in [-0.2, -0.15) is 0 Å². The van der Waals surface area contributed by atoms with Gasteiger partial charge in [-0.1, -0.05) is 7.43 Å². The fraction of sp³-hybridized carbons (Fsp3) is 1.00. The molecule has 0 unspecified atom stereocenters. The molecule has 0 bridgehead atoms. The van der Waals surface area contributed by atoms with Crippen molar-refractivity contribution in [3.63, 3.8) is 0 Å². The minimum absolute atomic E-state index is 0. The Hall–Kier alpha value is 0.608. The van der Waals surface area contributed by atoms with E-state index in [1.54, 1.807) is 0 Å². The molecule has 0 saturated heterocycles. The summed E-state index contributed by atoms with van der Waals surface area (Å²) in [6.07, 6.45) is 0. The van der Waals surface area contributed by atoms with Gasteiger partial charge in [0.2, 0.25) is 0 Å². The Kier molecular flexibility index (Phi) is 2690. The van der Waals surface area contributed by atoms with Gasteiger partial charge < -0.3 is 11.0 Å². The molecular formula is CH8O2Pt. The van der Waals surface area contributed by atoms with Gasteiger partial charge in [0.1, 0.15) is 0 Å². The predicted octanol–water partition coefficient (Wildman–Crippen LogP) is -1.02. The first-order valence-corrected chi connectivity index (χ1v) is 0. The van der Waals surface area contributed by atoms with Crippen LogP contribution in [-0.4, -0.2) is 11.0 Å². The summed E-state index contributed by atoms with van der Waals surface area (Å²) in [7, 11) is 0. The van der Waals surface area contributed by atoms with Crippen LogP contribution >= 0.6 is 0 Å². The summed E-state index contributed by atoms with van der Waals surface area (Å²) in [5, 5.41) is 0. The maximum atomic E-state index is 0. The van der Waals surface area contributed by atoms with Gasteiger partial charge in [-0.3, -0.25) is 0 Å². The van der Waals surface area contributed by atoms with Crippen molar-refractivity contribution >= 4 is 0 Å². The fourth-order valence-electron chi connectivity index (χ4n) is 0. The van der Waals surface area contributed by atoms with Crippen molar-refractivity contribution in [2.45, 2.75) is 7.43 Å². The summed E-state index contributed by atoms with van der Waals surface area (Å²) in [6.45, 7) is 0. The van der Waals surface area contributed by atoms with Gasteiger partial charge in [-0.05, 0) is 0 Å². The second-order valence-electron chi connectivity index (χ2n) is 0. The van der Waals surface area contributed by atoms with E-state index < -0.39 is 0 Å². The molecule has 0 radical (unpaired) electrons. The van der Waals surface area contributed by atoms with E-state index in [-0.39, 0.29) is 39.4 Å². The van der Waals surface area contributed by atoms with E-state index in [1.807, 2.05) is 0 Å². The van der Waals surface area contributed by atoms with Crippen LogP contribution in [0.15, 0.2) is 0 Å². The van der Waals surface area contributed by atoms with Gasteiger partial charge in [0.05, 0.1) is 0 Å². The zero-order chi connectivity index (χ0) is 0. The SMILES string of the molecule is C.O.O.[Pt]. The third-order valence-electron chi connectivity index (χ3n) is 0. The predicted molar refractivity (Wildman–Crippen MR) is 14.0 cm³/mol. The quantitative estimate of drug-likeness (QED) is 0.526. The largest absolute Gasteiger partial charge is 0.412 e. The van der Waals surface area contributed by atoms with E-state index in [2.05, 4.69) is 0 Å². The Morgan fingerprint density at radius 3 is 0.750 bits per heavy atom. The van der Waals surface area contributed by atoms with Crippen LogP contribution in [0.5, 0.6) is 0 Å². The van der Waals surface area contributed by atoms with E-state index in [4.69, 9.17) is 0 Å². The smallest absolute Gasteiger partial charge is 0 e. The molecule has 0 heterocycles. The second kappa shape index (κ2) is 66.3. The molecule has 0 aromatic rings. The molecule has 0 rings (SSSR count). The first-order chi connectivity index (χ1) is 0. The summed E-state index contributed by atoms with van der Waals surface area (Å²) >= 11 is 0. The van der Waals surface area contributed by atoms with Crippen molar-refractivity contribution in [3.05, 3.63) is 0 Å². The molecule has 0 aromatic carbocycles. The van der Waals surface area contributed by atoms with Crippen molar-refractivity contribution < 1.29 is 32.0 Å². The summed E-state index contributed by atoms with van der Waals surface area (Å²) in [5.74, 6) is 0. The third-order valence-corrected chi connectivity index (χ3v) is 0. The van der Waals surface area contributed by atoms with Gasteiger partial charge in [0.15, 0.2) is 0 Å². The normalized spacial score (nSPS) is 0. The molecule has 4 heavy (non-hydrogen) atoms. The van der Waals surface area contributed by atoms with Crippen molar-refractivity contribution in [2.75, 3.05) is 0 Å². The van der Waals surface area contributed by atoms with E-state index in [0.717, 1.165) is 0 Å². The molecule has 4 N–H and O–H groups in total. The van der Waals surface area contributed by atoms with Gasteiger partial charge >= 0.3 is 0 Å². The molecule has 0 saturated carbocycles. The van der Waals surface area contributed by atoms with Crippen LogP contribution in [-0.2, 0) is 21.1 Å². The van der Waals surface area contributed by atoms with Crippen molar-refractivity contribution in [1.82, 2.24) is 0 Å². The van der Waals surface area contributed by atoms with Gasteiger partial charge in [0, 0.05) is 21.1 Å². The summed E-state index contributed by atoms with van der Waals surface area (Å²) in [4.78, 5) is 0. The van der Waals surface area contributed by atoms with Crippen LogP contribution in [0, 0.1) is 0 Å². The summed E-state index contributed by atoms with van der Waals surface area (Å²) in [5.41, 5.74) is 0. The molecule has 0 aliphatic carbocycles. The van der Waals surface area contributed by atoms with E-state index >= 15 is 0 Å². The minimum Gasteiger partial charge on any atom is -0.412 e. The Bertz CT molecular complexity index is 6.00. The number of hydrogen-bond donors (Lipinski definition) is 0. The van der Waals surface area contributed by atoms with E-state index in [0.29, 0.717) is 0 Å². The molecule has 0 amide bonds. The van der Waals surface area contributed by atoms with Gasteiger partial charge in [0.25, 0.3) is 0 Å². The van der Waals surface area contributed by atoms with Crippen molar-refractivity contribution in [1.29, 1.82) is 0 Å². The number of hydrogen-bond acceptors (Lipinski definition) is 0. The fourth-order valence-corrected chi connectivity index (χ4v) is 0. The summed E-state index contributed by atoms with van der Waals surface area (Å²) < 4.78 is 0. The Morgan fingerprint density at radius 1 is 0.750 bits per heavy atom. The van der Waals surface area contributed by atoms with Crippen LogP contribution < -0.4 is 0 Å². The molecule has 3 heteroatoms.